The fraction of sp³-hybridized carbons (Fsp3) is 0.389. The minimum Gasteiger partial charge on any atom is -0.504 e. The second-order valence-corrected chi connectivity index (χ2v) is 6.98. The molecule has 1 aromatic rings. The Kier molecular flexibility index (Phi) is 5.51. The van der Waals surface area contributed by atoms with Gasteiger partial charge < -0.3 is 14.7 Å². The average molecular weight is 376 g/mol. The third-order valence-corrected chi connectivity index (χ3v) is 5.15. The van der Waals surface area contributed by atoms with Gasteiger partial charge in [-0.3, -0.25) is 19.3 Å². The van der Waals surface area contributed by atoms with E-state index in [2.05, 4.69) is 0 Å². The highest BCUT2D eigenvalue weighted by Crippen LogP contribution is 2.36. The first-order valence-electron chi connectivity index (χ1n) is 8.49. The molecule has 26 heavy (non-hydrogen) atoms. The van der Waals surface area contributed by atoms with Crippen molar-refractivity contribution in [2.24, 2.45) is 0 Å². The van der Waals surface area contributed by atoms with E-state index >= 15 is 0 Å². The number of likely N-dealkylation sites (tertiary alicyclic amines) is 1. The van der Waals surface area contributed by atoms with E-state index in [1.54, 1.807) is 30.0 Å². The van der Waals surface area contributed by atoms with Crippen LogP contribution in [0.1, 0.15) is 25.3 Å². The zero-order valence-corrected chi connectivity index (χ0v) is 15.3. The number of benzene rings is 1. The maximum absolute atomic E-state index is 12.5. The van der Waals surface area contributed by atoms with E-state index in [0.29, 0.717) is 31.0 Å². The Morgan fingerprint density at radius 2 is 2.04 bits per heavy atom. The highest BCUT2D eigenvalue weighted by Gasteiger charge is 2.37. The van der Waals surface area contributed by atoms with E-state index in [4.69, 9.17) is 4.74 Å². The molecule has 1 aromatic carbocycles. The minimum absolute atomic E-state index is 0.0886. The van der Waals surface area contributed by atoms with Gasteiger partial charge in [0.2, 0.25) is 5.91 Å². The van der Waals surface area contributed by atoms with Crippen LogP contribution in [0.2, 0.25) is 0 Å². The van der Waals surface area contributed by atoms with Crippen LogP contribution in [0.5, 0.6) is 11.5 Å². The lowest BCUT2D eigenvalue weighted by Gasteiger charge is -2.18. The number of rotatable bonds is 5. The maximum atomic E-state index is 12.5. The fourth-order valence-electron chi connectivity index (χ4n) is 2.91. The van der Waals surface area contributed by atoms with Gasteiger partial charge in [0.05, 0.1) is 11.5 Å². The lowest BCUT2D eigenvalue weighted by atomic mass is 10.1. The highest BCUT2D eigenvalue weighted by atomic mass is 32.2. The van der Waals surface area contributed by atoms with Crippen molar-refractivity contribution in [2.75, 3.05) is 26.2 Å². The predicted octanol–water partition coefficient (Wildman–Crippen LogP) is 2.45. The Morgan fingerprint density at radius 1 is 1.31 bits per heavy atom. The standard InChI is InChI=1S/C18H20N2O5S/c1-2-25-13-7-5-6-12(16(13)22)10-14-17(23)20(18(24)26-14)11-15(21)19-8-3-4-9-19/h5-7,10,22H,2-4,8-9,11H2,1H3/b14-10+. The lowest BCUT2D eigenvalue weighted by Crippen LogP contribution is -2.40. The topological polar surface area (TPSA) is 87.2 Å². The van der Waals surface area contributed by atoms with E-state index in [1.807, 2.05) is 0 Å². The molecule has 3 rings (SSSR count). The Balaban J connectivity index is 1.77. The van der Waals surface area contributed by atoms with Crippen LogP contribution in [-0.2, 0) is 9.59 Å². The number of phenolic OH excluding ortho intramolecular Hbond substituents is 1. The quantitative estimate of drug-likeness (QED) is 0.795. The monoisotopic (exact) mass is 376 g/mol. The van der Waals surface area contributed by atoms with E-state index in [0.717, 1.165) is 29.5 Å². The third-order valence-electron chi connectivity index (χ3n) is 4.24. The van der Waals surface area contributed by atoms with Gasteiger partial charge in [-0.15, -0.1) is 0 Å². The number of para-hydroxylation sites is 1. The van der Waals surface area contributed by atoms with Gasteiger partial charge >= 0.3 is 0 Å². The van der Waals surface area contributed by atoms with Crippen LogP contribution < -0.4 is 4.74 Å². The van der Waals surface area contributed by atoms with Gasteiger partial charge in [0.1, 0.15) is 6.54 Å². The SMILES string of the molecule is CCOc1cccc(/C=C2/SC(=O)N(CC(=O)N3CCCC3)C2=O)c1O. The molecule has 0 saturated carbocycles. The van der Waals surface area contributed by atoms with Gasteiger partial charge in [-0.05, 0) is 43.7 Å². The van der Waals surface area contributed by atoms with E-state index in [1.165, 1.54) is 6.08 Å². The van der Waals surface area contributed by atoms with Crippen molar-refractivity contribution in [1.29, 1.82) is 0 Å². The van der Waals surface area contributed by atoms with Crippen LogP contribution in [-0.4, -0.2) is 58.2 Å². The van der Waals surface area contributed by atoms with E-state index < -0.39 is 11.1 Å². The van der Waals surface area contributed by atoms with Crippen molar-refractivity contribution in [3.8, 4) is 11.5 Å². The predicted molar refractivity (Wildman–Crippen MR) is 97.8 cm³/mol. The Hall–Kier alpha value is -2.48. The van der Waals surface area contributed by atoms with Crippen molar-refractivity contribution in [2.45, 2.75) is 19.8 Å². The van der Waals surface area contributed by atoms with Gasteiger partial charge in [-0.25, -0.2) is 0 Å². The number of hydrogen-bond donors (Lipinski definition) is 1. The van der Waals surface area contributed by atoms with Crippen molar-refractivity contribution < 1.29 is 24.2 Å². The molecule has 0 unspecified atom stereocenters. The van der Waals surface area contributed by atoms with Gasteiger partial charge in [0.25, 0.3) is 11.1 Å². The number of carbonyl (C=O) groups is 3. The number of carbonyl (C=O) groups excluding carboxylic acids is 3. The van der Waals surface area contributed by atoms with E-state index in [9.17, 15) is 19.5 Å². The summed E-state index contributed by atoms with van der Waals surface area (Å²) in [6.07, 6.45) is 3.34. The first-order chi connectivity index (χ1) is 12.5. The molecule has 0 aliphatic carbocycles. The molecule has 2 aliphatic heterocycles. The number of phenols is 1. The minimum atomic E-state index is -0.520. The van der Waals surface area contributed by atoms with Crippen molar-refractivity contribution >= 4 is 34.9 Å². The number of ether oxygens (including phenoxy) is 1. The van der Waals surface area contributed by atoms with Gasteiger partial charge in [0, 0.05) is 18.7 Å². The zero-order chi connectivity index (χ0) is 18.7. The molecule has 138 valence electrons. The van der Waals surface area contributed by atoms with Gasteiger partial charge in [-0.2, -0.15) is 0 Å². The summed E-state index contributed by atoms with van der Waals surface area (Å²) < 4.78 is 5.32. The number of imide groups is 1. The molecule has 2 fully saturated rings. The van der Waals surface area contributed by atoms with Crippen LogP contribution in [0.25, 0.3) is 6.08 Å². The zero-order valence-electron chi connectivity index (χ0n) is 14.4. The van der Waals surface area contributed by atoms with Crippen LogP contribution in [0.4, 0.5) is 4.79 Å². The molecule has 7 nitrogen and oxygen atoms in total. The summed E-state index contributed by atoms with van der Waals surface area (Å²) in [6, 6.07) is 4.94. The summed E-state index contributed by atoms with van der Waals surface area (Å²) in [4.78, 5) is 39.7. The van der Waals surface area contributed by atoms with Crippen LogP contribution >= 0.6 is 11.8 Å². The Bertz CT molecular complexity index is 771. The van der Waals surface area contributed by atoms with E-state index in [-0.39, 0.29) is 23.1 Å². The fourth-order valence-corrected chi connectivity index (χ4v) is 3.74. The van der Waals surface area contributed by atoms with Gasteiger partial charge in [0.15, 0.2) is 11.5 Å². The number of thioether (sulfide) groups is 1. The molecular weight excluding hydrogens is 356 g/mol. The summed E-state index contributed by atoms with van der Waals surface area (Å²) in [5.41, 5.74) is 0.382. The molecule has 8 heteroatoms. The molecule has 0 radical (unpaired) electrons. The molecule has 2 saturated heterocycles. The molecule has 0 aromatic heterocycles. The van der Waals surface area contributed by atoms with Gasteiger partial charge in [-0.1, -0.05) is 12.1 Å². The maximum Gasteiger partial charge on any atom is 0.294 e. The molecule has 0 atom stereocenters. The molecule has 0 spiro atoms. The molecule has 3 amide bonds. The summed E-state index contributed by atoms with van der Waals surface area (Å²) in [6.45, 7) is 3.29. The number of nitrogens with zero attached hydrogens (tertiary/aromatic N) is 2. The molecule has 1 N–H and O–H groups in total. The lowest BCUT2D eigenvalue weighted by molar-refractivity contribution is -0.135. The van der Waals surface area contributed by atoms with Crippen molar-refractivity contribution in [1.82, 2.24) is 9.80 Å². The smallest absolute Gasteiger partial charge is 0.294 e. The van der Waals surface area contributed by atoms with Crippen molar-refractivity contribution in [3.63, 3.8) is 0 Å². The largest absolute Gasteiger partial charge is 0.504 e. The highest BCUT2D eigenvalue weighted by molar-refractivity contribution is 8.18. The van der Waals surface area contributed by atoms with Crippen LogP contribution in [0.3, 0.4) is 0 Å². The van der Waals surface area contributed by atoms with Crippen LogP contribution in [0.15, 0.2) is 23.1 Å². The molecule has 0 bridgehead atoms. The number of aromatic hydroxyl groups is 1. The second kappa shape index (κ2) is 7.82. The number of amides is 3. The third kappa shape index (κ3) is 3.70. The normalized spacial score (nSPS) is 18.9. The molecule has 2 aliphatic rings. The molecular formula is C18H20N2O5S. The summed E-state index contributed by atoms with van der Waals surface area (Å²) in [5.74, 6) is -0.514. The summed E-state index contributed by atoms with van der Waals surface area (Å²) in [7, 11) is 0. The molecule has 2 heterocycles. The Labute approximate surface area is 155 Å². The van der Waals surface area contributed by atoms with Crippen molar-refractivity contribution in [3.05, 3.63) is 28.7 Å². The first kappa shape index (κ1) is 18.3. The second-order valence-electron chi connectivity index (χ2n) is 5.98. The van der Waals surface area contributed by atoms with Crippen LogP contribution in [0, 0.1) is 0 Å². The summed E-state index contributed by atoms with van der Waals surface area (Å²) in [5, 5.41) is 9.76. The average Bonchev–Trinajstić information content (AvgIpc) is 3.23. The first-order valence-corrected chi connectivity index (χ1v) is 9.31. The Morgan fingerprint density at radius 3 is 2.73 bits per heavy atom. The number of hydrogen-bond acceptors (Lipinski definition) is 6. The summed E-state index contributed by atoms with van der Waals surface area (Å²) >= 11 is 0.765.